The van der Waals surface area contributed by atoms with E-state index in [4.69, 9.17) is 4.98 Å². The van der Waals surface area contributed by atoms with Crippen LogP contribution in [-0.2, 0) is 4.79 Å². The van der Waals surface area contributed by atoms with E-state index < -0.39 is 0 Å². The van der Waals surface area contributed by atoms with Crippen molar-refractivity contribution in [3.8, 4) is 0 Å². The van der Waals surface area contributed by atoms with E-state index in [9.17, 15) is 9.59 Å². The van der Waals surface area contributed by atoms with E-state index in [1.165, 1.54) is 0 Å². The third-order valence-corrected chi connectivity index (χ3v) is 6.81. The molecule has 5 nitrogen and oxygen atoms in total. The van der Waals surface area contributed by atoms with Gasteiger partial charge in [0, 0.05) is 33.8 Å². The average molecular weight is 474 g/mol. The van der Waals surface area contributed by atoms with E-state index in [0.29, 0.717) is 28.9 Å². The van der Waals surface area contributed by atoms with Crippen molar-refractivity contribution in [3.63, 3.8) is 0 Å². The lowest BCUT2D eigenvalue weighted by atomic mass is 9.76. The second-order valence-corrected chi connectivity index (χ2v) is 9.94. The molecule has 7 heteroatoms. The van der Waals surface area contributed by atoms with Gasteiger partial charge in [0.2, 0.25) is 0 Å². The number of allylic oxidation sites excluding steroid dienone is 2. The van der Waals surface area contributed by atoms with Gasteiger partial charge in [0.05, 0.1) is 5.56 Å². The molecular formula is C22H24BrN3O2S. The van der Waals surface area contributed by atoms with Crippen LogP contribution in [-0.4, -0.2) is 21.5 Å². The van der Waals surface area contributed by atoms with Crippen LogP contribution in [0.25, 0.3) is 0 Å². The third kappa shape index (κ3) is 4.21. The van der Waals surface area contributed by atoms with Crippen LogP contribution in [0.2, 0.25) is 0 Å². The molecule has 0 amide bonds. The van der Waals surface area contributed by atoms with Crippen molar-refractivity contribution in [3.05, 3.63) is 61.5 Å². The van der Waals surface area contributed by atoms with Crippen molar-refractivity contribution >= 4 is 39.3 Å². The highest BCUT2D eigenvalue weighted by Crippen LogP contribution is 2.43. The zero-order valence-electron chi connectivity index (χ0n) is 16.5. The summed E-state index contributed by atoms with van der Waals surface area (Å²) in [5.74, 6) is 1.83. The maximum Gasteiger partial charge on any atom is 0.257 e. The SMILES string of the molecule is CC(C)CCSc1nc2c(c(=O)[nH]1)[C@@H](c1ccc(Br)cc1)C1=C(CCCC1=O)N2. The summed E-state index contributed by atoms with van der Waals surface area (Å²) in [5.41, 5.74) is 2.93. The first-order valence-electron chi connectivity index (χ1n) is 9.99. The molecule has 0 fully saturated rings. The van der Waals surface area contributed by atoms with E-state index in [1.54, 1.807) is 11.8 Å². The Morgan fingerprint density at radius 3 is 2.69 bits per heavy atom. The van der Waals surface area contributed by atoms with Crippen molar-refractivity contribution in [2.45, 2.75) is 50.6 Å². The van der Waals surface area contributed by atoms with Crippen molar-refractivity contribution in [2.24, 2.45) is 5.92 Å². The molecule has 1 atom stereocenters. The Balaban J connectivity index is 1.79. The van der Waals surface area contributed by atoms with E-state index in [2.05, 4.69) is 40.1 Å². The molecule has 1 aromatic heterocycles. The van der Waals surface area contributed by atoms with E-state index >= 15 is 0 Å². The van der Waals surface area contributed by atoms with Gasteiger partial charge in [-0.1, -0.05) is 53.7 Å². The number of carbonyl (C=O) groups is 1. The van der Waals surface area contributed by atoms with E-state index in [-0.39, 0.29) is 17.3 Å². The third-order valence-electron chi connectivity index (χ3n) is 5.37. The van der Waals surface area contributed by atoms with Gasteiger partial charge in [0.15, 0.2) is 10.9 Å². The first-order valence-corrected chi connectivity index (χ1v) is 11.8. The van der Waals surface area contributed by atoms with Gasteiger partial charge in [-0.15, -0.1) is 0 Å². The number of ketones is 1. The van der Waals surface area contributed by atoms with Crippen LogP contribution in [0, 0.1) is 5.92 Å². The Bertz CT molecular complexity index is 1030. The summed E-state index contributed by atoms with van der Waals surface area (Å²) in [7, 11) is 0. The molecule has 0 unspecified atom stereocenters. The largest absolute Gasteiger partial charge is 0.343 e. The lowest BCUT2D eigenvalue weighted by Crippen LogP contribution is -2.32. The zero-order valence-corrected chi connectivity index (χ0v) is 19.0. The molecule has 0 saturated heterocycles. The molecule has 2 N–H and O–H groups in total. The fourth-order valence-electron chi connectivity index (χ4n) is 3.89. The first kappa shape index (κ1) is 20.4. The molecule has 29 heavy (non-hydrogen) atoms. The lowest BCUT2D eigenvalue weighted by molar-refractivity contribution is -0.116. The number of H-pyrrole nitrogens is 1. The van der Waals surface area contributed by atoms with Crippen LogP contribution in [0.1, 0.15) is 56.6 Å². The van der Waals surface area contributed by atoms with Gasteiger partial charge < -0.3 is 10.3 Å². The lowest BCUT2D eigenvalue weighted by Gasteiger charge is -2.32. The van der Waals surface area contributed by atoms with Crippen LogP contribution < -0.4 is 10.9 Å². The van der Waals surface area contributed by atoms with Gasteiger partial charge in [0.1, 0.15) is 5.82 Å². The number of carbonyl (C=O) groups excluding carboxylic acids is 1. The Morgan fingerprint density at radius 1 is 1.21 bits per heavy atom. The minimum absolute atomic E-state index is 0.118. The fraction of sp³-hybridized carbons (Fsp3) is 0.409. The number of nitrogens with one attached hydrogen (secondary N) is 2. The van der Waals surface area contributed by atoms with Crippen LogP contribution in [0.4, 0.5) is 5.82 Å². The zero-order chi connectivity index (χ0) is 20.5. The molecule has 1 aliphatic heterocycles. The van der Waals surface area contributed by atoms with Crippen molar-refractivity contribution in [2.75, 3.05) is 11.1 Å². The van der Waals surface area contributed by atoms with Crippen LogP contribution in [0.5, 0.6) is 0 Å². The monoisotopic (exact) mass is 473 g/mol. The molecule has 152 valence electrons. The number of Topliss-reactive ketones (excluding diaryl/α,β-unsaturated/α-hetero) is 1. The van der Waals surface area contributed by atoms with Gasteiger partial charge in [0.25, 0.3) is 5.56 Å². The Morgan fingerprint density at radius 2 is 1.97 bits per heavy atom. The summed E-state index contributed by atoms with van der Waals surface area (Å²) in [6, 6.07) is 7.84. The van der Waals surface area contributed by atoms with Gasteiger partial charge >= 0.3 is 0 Å². The maximum absolute atomic E-state index is 13.1. The van der Waals surface area contributed by atoms with Crippen molar-refractivity contribution < 1.29 is 4.79 Å². The molecule has 1 aromatic carbocycles. The predicted octanol–water partition coefficient (Wildman–Crippen LogP) is 5.24. The van der Waals surface area contributed by atoms with Crippen LogP contribution in [0.15, 0.2) is 50.0 Å². The molecule has 2 aromatic rings. The molecule has 0 radical (unpaired) electrons. The van der Waals surface area contributed by atoms with Crippen LogP contribution >= 0.6 is 27.7 Å². The number of aromatic amines is 1. The standard InChI is InChI=1S/C22H24BrN3O2S/c1-12(2)10-11-29-22-25-20-19(21(28)26-22)17(13-6-8-14(23)9-7-13)18-15(24-20)4-3-5-16(18)27/h6-9,12,17H,3-5,10-11H2,1-2H3,(H2,24,25,26,28)/t17-/m0/s1. The predicted molar refractivity (Wildman–Crippen MR) is 121 cm³/mol. The highest BCUT2D eigenvalue weighted by atomic mass is 79.9. The number of hydrogen-bond acceptors (Lipinski definition) is 5. The highest BCUT2D eigenvalue weighted by Gasteiger charge is 2.37. The Hall–Kier alpha value is -1.86. The number of fused-ring (bicyclic) bond motifs is 1. The van der Waals surface area contributed by atoms with E-state index in [1.807, 2.05) is 24.3 Å². The number of anilines is 1. The number of thioether (sulfide) groups is 1. The quantitative estimate of drug-likeness (QED) is 0.458. The normalized spacial score (nSPS) is 18.5. The number of halogens is 1. The summed E-state index contributed by atoms with van der Waals surface area (Å²) in [6.07, 6.45) is 3.21. The Labute approximate surface area is 182 Å². The molecule has 0 spiro atoms. The second-order valence-electron chi connectivity index (χ2n) is 7.94. The topological polar surface area (TPSA) is 74.8 Å². The van der Waals surface area contributed by atoms with Crippen molar-refractivity contribution in [1.29, 1.82) is 0 Å². The molecule has 2 aliphatic rings. The summed E-state index contributed by atoms with van der Waals surface area (Å²) in [4.78, 5) is 33.6. The highest BCUT2D eigenvalue weighted by molar-refractivity contribution is 9.10. The minimum atomic E-state index is -0.381. The van der Waals surface area contributed by atoms with E-state index in [0.717, 1.165) is 46.3 Å². The number of nitrogens with zero attached hydrogens (tertiary/aromatic N) is 1. The van der Waals surface area contributed by atoms with Gasteiger partial charge in [-0.25, -0.2) is 4.98 Å². The van der Waals surface area contributed by atoms with Crippen molar-refractivity contribution in [1.82, 2.24) is 9.97 Å². The minimum Gasteiger partial charge on any atom is -0.343 e. The molecular weight excluding hydrogens is 450 g/mol. The average Bonchev–Trinajstić information content (AvgIpc) is 2.67. The summed E-state index contributed by atoms with van der Waals surface area (Å²) in [6.45, 7) is 4.37. The molecule has 1 aliphatic carbocycles. The van der Waals surface area contributed by atoms with Gasteiger partial charge in [-0.2, -0.15) is 0 Å². The molecule has 0 bridgehead atoms. The first-order chi connectivity index (χ1) is 13.9. The number of aromatic nitrogens is 2. The second kappa shape index (κ2) is 8.48. The number of rotatable bonds is 5. The molecule has 0 saturated carbocycles. The van der Waals surface area contributed by atoms with Gasteiger partial charge in [-0.3, -0.25) is 9.59 Å². The smallest absolute Gasteiger partial charge is 0.257 e. The molecule has 4 rings (SSSR count). The summed E-state index contributed by atoms with van der Waals surface area (Å²) in [5, 5.41) is 3.95. The Kier molecular flexibility index (Phi) is 5.97. The number of hydrogen-bond donors (Lipinski definition) is 2. The fourth-order valence-corrected chi connectivity index (χ4v) is 5.26. The van der Waals surface area contributed by atoms with Gasteiger partial charge in [-0.05, 0) is 42.9 Å². The summed E-state index contributed by atoms with van der Waals surface area (Å²) < 4.78 is 0.962. The number of benzene rings is 1. The summed E-state index contributed by atoms with van der Waals surface area (Å²) >= 11 is 5.03. The van der Waals surface area contributed by atoms with Crippen LogP contribution in [0.3, 0.4) is 0 Å². The molecule has 2 heterocycles. The maximum atomic E-state index is 13.1.